The lowest BCUT2D eigenvalue weighted by Gasteiger charge is -2.39. The molecule has 0 bridgehead atoms. The van der Waals surface area contributed by atoms with Crippen LogP contribution in [0.5, 0.6) is 5.75 Å². The summed E-state index contributed by atoms with van der Waals surface area (Å²) >= 11 is 0. The number of rotatable bonds is 5. The van der Waals surface area contributed by atoms with Crippen molar-refractivity contribution in [3.05, 3.63) is 71.5 Å². The minimum atomic E-state index is -0.165. The Kier molecular flexibility index (Phi) is 5.31. The highest BCUT2D eigenvalue weighted by atomic mass is 16.5. The molecule has 2 atom stereocenters. The molecule has 1 aliphatic rings. The first kappa shape index (κ1) is 19.1. The molecular weight excluding hydrogens is 368 g/mol. The van der Waals surface area contributed by atoms with Crippen molar-refractivity contribution in [2.75, 3.05) is 25.7 Å². The highest BCUT2D eigenvalue weighted by molar-refractivity contribution is 5.93. The van der Waals surface area contributed by atoms with Gasteiger partial charge in [0.25, 0.3) is 5.91 Å². The quantitative estimate of drug-likeness (QED) is 0.666. The summed E-state index contributed by atoms with van der Waals surface area (Å²) in [4.78, 5) is 19.1. The summed E-state index contributed by atoms with van der Waals surface area (Å²) < 4.78 is 12.2. The number of carbonyl (C=O) groups excluding carboxylic acids is 1. The molecule has 3 aromatic rings. The van der Waals surface area contributed by atoms with E-state index in [4.69, 9.17) is 9.47 Å². The van der Waals surface area contributed by atoms with E-state index in [1.165, 1.54) is 19.0 Å². The zero-order chi connectivity index (χ0) is 20.4. The first-order valence-corrected chi connectivity index (χ1v) is 9.53. The first-order valence-electron chi connectivity index (χ1n) is 9.53. The van der Waals surface area contributed by atoms with Crippen LogP contribution >= 0.6 is 0 Å². The average Bonchev–Trinajstić information content (AvgIpc) is 3.23. The van der Waals surface area contributed by atoms with E-state index in [-0.39, 0.29) is 24.6 Å². The molecule has 0 aliphatic carbocycles. The Morgan fingerprint density at radius 3 is 2.34 bits per heavy atom. The number of amides is 1. The van der Waals surface area contributed by atoms with Crippen molar-refractivity contribution in [2.24, 2.45) is 0 Å². The Bertz CT molecular complexity index is 982. The van der Waals surface area contributed by atoms with Crippen molar-refractivity contribution in [1.29, 1.82) is 0 Å². The summed E-state index contributed by atoms with van der Waals surface area (Å²) in [6, 6.07) is 16.0. The van der Waals surface area contributed by atoms with Crippen LogP contribution in [0, 0.1) is 6.92 Å². The maximum absolute atomic E-state index is 12.9. The molecular formula is C22H24N4O3. The van der Waals surface area contributed by atoms with Crippen molar-refractivity contribution in [3.8, 4) is 5.75 Å². The monoisotopic (exact) mass is 392 g/mol. The van der Waals surface area contributed by atoms with Crippen molar-refractivity contribution in [1.82, 2.24) is 14.8 Å². The van der Waals surface area contributed by atoms with Crippen LogP contribution in [0.2, 0.25) is 0 Å². The summed E-state index contributed by atoms with van der Waals surface area (Å²) in [6.07, 6.45) is 2.18. The molecule has 29 heavy (non-hydrogen) atoms. The SMILES string of the molecule is COCC(=O)N1c2ncnn2C(c2ccc(OC)cc2)CC1c1ccc(C)cc1. The molecule has 2 heterocycles. The van der Waals surface area contributed by atoms with Gasteiger partial charge in [-0.1, -0.05) is 42.0 Å². The fourth-order valence-electron chi connectivity index (χ4n) is 3.85. The van der Waals surface area contributed by atoms with Gasteiger partial charge in [-0.05, 0) is 36.6 Å². The Morgan fingerprint density at radius 1 is 1.03 bits per heavy atom. The second kappa shape index (κ2) is 8.05. The molecule has 1 amide bonds. The van der Waals surface area contributed by atoms with Gasteiger partial charge < -0.3 is 9.47 Å². The molecule has 150 valence electrons. The zero-order valence-corrected chi connectivity index (χ0v) is 16.8. The number of anilines is 1. The summed E-state index contributed by atoms with van der Waals surface area (Å²) in [5.41, 5.74) is 3.33. The van der Waals surface area contributed by atoms with Gasteiger partial charge >= 0.3 is 0 Å². The second-order valence-corrected chi connectivity index (χ2v) is 7.15. The zero-order valence-electron chi connectivity index (χ0n) is 16.8. The number of hydrogen-bond acceptors (Lipinski definition) is 5. The summed E-state index contributed by atoms with van der Waals surface area (Å²) in [7, 11) is 3.17. The minimum absolute atomic E-state index is 0.0115. The minimum Gasteiger partial charge on any atom is -0.497 e. The number of aromatic nitrogens is 3. The summed E-state index contributed by atoms with van der Waals surface area (Å²) in [6.45, 7) is 2.04. The van der Waals surface area contributed by atoms with E-state index >= 15 is 0 Å². The van der Waals surface area contributed by atoms with Crippen molar-refractivity contribution >= 4 is 11.9 Å². The molecule has 7 heteroatoms. The van der Waals surface area contributed by atoms with E-state index in [1.54, 1.807) is 12.0 Å². The van der Waals surface area contributed by atoms with E-state index in [9.17, 15) is 4.79 Å². The van der Waals surface area contributed by atoms with Crippen LogP contribution in [0.3, 0.4) is 0 Å². The standard InChI is InChI=1S/C22H24N4O3/c1-15-4-6-16(7-5-15)19-12-20(17-8-10-18(29-3)11-9-17)26-22(23-14-24-26)25(19)21(27)13-28-2/h4-11,14,19-20H,12-13H2,1-3H3. The number of fused-ring (bicyclic) bond motifs is 1. The molecule has 0 radical (unpaired) electrons. The third-order valence-corrected chi connectivity index (χ3v) is 5.32. The van der Waals surface area contributed by atoms with Crippen LogP contribution in [0.4, 0.5) is 5.95 Å². The highest BCUT2D eigenvalue weighted by Gasteiger charge is 2.39. The number of carbonyl (C=O) groups is 1. The molecule has 0 N–H and O–H groups in total. The lowest BCUT2D eigenvalue weighted by Crippen LogP contribution is -2.44. The highest BCUT2D eigenvalue weighted by Crippen LogP contribution is 2.42. The van der Waals surface area contributed by atoms with Crippen LogP contribution < -0.4 is 9.64 Å². The molecule has 1 aliphatic heterocycles. The molecule has 2 unspecified atom stereocenters. The van der Waals surface area contributed by atoms with Gasteiger partial charge in [0.1, 0.15) is 18.7 Å². The van der Waals surface area contributed by atoms with E-state index in [0.717, 1.165) is 16.9 Å². The molecule has 0 saturated carbocycles. The van der Waals surface area contributed by atoms with E-state index in [0.29, 0.717) is 12.4 Å². The van der Waals surface area contributed by atoms with E-state index in [2.05, 4.69) is 41.3 Å². The van der Waals surface area contributed by atoms with Gasteiger partial charge in [-0.15, -0.1) is 0 Å². The fraction of sp³-hybridized carbons (Fsp3) is 0.318. The molecule has 2 aromatic carbocycles. The van der Waals surface area contributed by atoms with Gasteiger partial charge in [0.05, 0.1) is 19.2 Å². The number of benzene rings is 2. The second-order valence-electron chi connectivity index (χ2n) is 7.15. The van der Waals surface area contributed by atoms with Gasteiger partial charge in [0.2, 0.25) is 5.95 Å². The number of aryl methyl sites for hydroxylation is 1. The molecule has 7 nitrogen and oxygen atoms in total. The van der Waals surface area contributed by atoms with Crippen LogP contribution in [-0.2, 0) is 9.53 Å². The predicted molar refractivity (Wildman–Crippen MR) is 109 cm³/mol. The molecule has 0 fully saturated rings. The Balaban J connectivity index is 1.79. The maximum atomic E-state index is 12.9. The van der Waals surface area contributed by atoms with Crippen LogP contribution in [0.25, 0.3) is 0 Å². The predicted octanol–water partition coefficient (Wildman–Crippen LogP) is 3.31. The van der Waals surface area contributed by atoms with Crippen molar-refractivity contribution in [2.45, 2.75) is 25.4 Å². The number of nitrogens with zero attached hydrogens (tertiary/aromatic N) is 4. The topological polar surface area (TPSA) is 69.5 Å². The number of methoxy groups -OCH3 is 2. The Morgan fingerprint density at radius 2 is 1.69 bits per heavy atom. The van der Waals surface area contributed by atoms with Gasteiger partial charge in [-0.3, -0.25) is 9.69 Å². The normalized spacial score (nSPS) is 18.4. The Hall–Kier alpha value is -3.19. The van der Waals surface area contributed by atoms with E-state index in [1.807, 2.05) is 28.9 Å². The largest absolute Gasteiger partial charge is 0.497 e. The molecule has 0 spiro atoms. The van der Waals surface area contributed by atoms with Crippen molar-refractivity contribution < 1.29 is 14.3 Å². The smallest absolute Gasteiger partial charge is 0.255 e. The first-order chi connectivity index (χ1) is 14.1. The number of hydrogen-bond donors (Lipinski definition) is 0. The third kappa shape index (κ3) is 3.61. The van der Waals surface area contributed by atoms with Crippen LogP contribution in [-0.4, -0.2) is 41.5 Å². The van der Waals surface area contributed by atoms with E-state index < -0.39 is 0 Å². The average molecular weight is 392 g/mol. The Labute approximate surface area is 169 Å². The third-order valence-electron chi connectivity index (χ3n) is 5.32. The molecule has 0 saturated heterocycles. The lowest BCUT2D eigenvalue weighted by molar-refractivity contribution is -0.123. The fourth-order valence-corrected chi connectivity index (χ4v) is 3.85. The maximum Gasteiger partial charge on any atom is 0.255 e. The van der Waals surface area contributed by atoms with Crippen LogP contribution in [0.1, 0.15) is 35.2 Å². The molecule has 1 aromatic heterocycles. The van der Waals surface area contributed by atoms with Crippen LogP contribution in [0.15, 0.2) is 54.9 Å². The van der Waals surface area contributed by atoms with Gasteiger partial charge in [-0.2, -0.15) is 10.1 Å². The summed E-state index contributed by atoms with van der Waals surface area (Å²) in [5.74, 6) is 1.19. The number of ether oxygens (including phenoxy) is 2. The molecule has 4 rings (SSSR count). The van der Waals surface area contributed by atoms with Gasteiger partial charge in [0.15, 0.2) is 0 Å². The van der Waals surface area contributed by atoms with Gasteiger partial charge in [-0.25, -0.2) is 4.68 Å². The van der Waals surface area contributed by atoms with Gasteiger partial charge in [0, 0.05) is 7.11 Å². The lowest BCUT2D eigenvalue weighted by atomic mass is 9.91. The van der Waals surface area contributed by atoms with Crippen molar-refractivity contribution in [3.63, 3.8) is 0 Å². The summed E-state index contributed by atoms with van der Waals surface area (Å²) in [5, 5.41) is 4.43.